The third-order valence-corrected chi connectivity index (χ3v) is 3.33. The first-order chi connectivity index (χ1) is 9.61. The van der Waals surface area contributed by atoms with Gasteiger partial charge in [0.05, 0.1) is 36.3 Å². The van der Waals surface area contributed by atoms with Crippen LogP contribution in [0.15, 0.2) is 35.1 Å². The highest BCUT2D eigenvalue weighted by atomic mass is 79.9. The van der Waals surface area contributed by atoms with E-state index >= 15 is 0 Å². The van der Waals surface area contributed by atoms with Gasteiger partial charge in [0.15, 0.2) is 0 Å². The number of carboxylic acid groups (broad SMARTS) is 1. The lowest BCUT2D eigenvalue weighted by Crippen LogP contribution is -2.04. The summed E-state index contributed by atoms with van der Waals surface area (Å²) in [6.45, 7) is 1.21. The van der Waals surface area contributed by atoms with Crippen molar-refractivity contribution in [2.45, 2.75) is 6.54 Å². The van der Waals surface area contributed by atoms with Crippen LogP contribution in [-0.2, 0) is 11.3 Å². The standard InChI is InChI=1S/C13H14BrN3O3/c1-20-6-5-17-8-9(7-15-17)16-11-4-2-3-10(14)12(11)13(18)19/h2-4,7-8,16H,5-6H2,1H3,(H,18,19). The Morgan fingerprint density at radius 1 is 1.55 bits per heavy atom. The number of nitrogens with one attached hydrogen (secondary N) is 1. The summed E-state index contributed by atoms with van der Waals surface area (Å²) >= 11 is 3.24. The zero-order valence-corrected chi connectivity index (χ0v) is 12.4. The first kappa shape index (κ1) is 14.5. The Kier molecular flexibility index (Phi) is 4.75. The van der Waals surface area contributed by atoms with E-state index in [4.69, 9.17) is 4.74 Å². The summed E-state index contributed by atoms with van der Waals surface area (Å²) in [5.41, 5.74) is 1.43. The maximum atomic E-state index is 11.3. The number of halogens is 1. The highest BCUT2D eigenvalue weighted by molar-refractivity contribution is 9.10. The number of carbonyl (C=O) groups is 1. The van der Waals surface area contributed by atoms with E-state index in [9.17, 15) is 9.90 Å². The molecule has 0 aliphatic heterocycles. The maximum Gasteiger partial charge on any atom is 0.338 e. The number of ether oxygens (including phenoxy) is 1. The van der Waals surface area contributed by atoms with Crippen molar-refractivity contribution < 1.29 is 14.6 Å². The Bertz CT molecular complexity index is 613. The molecule has 2 rings (SSSR count). The van der Waals surface area contributed by atoms with Gasteiger partial charge in [-0.2, -0.15) is 5.10 Å². The minimum Gasteiger partial charge on any atom is -0.478 e. The fourth-order valence-electron chi connectivity index (χ4n) is 1.74. The number of aromatic nitrogens is 2. The first-order valence-electron chi connectivity index (χ1n) is 5.92. The monoisotopic (exact) mass is 339 g/mol. The van der Waals surface area contributed by atoms with Crippen LogP contribution in [0.1, 0.15) is 10.4 Å². The summed E-state index contributed by atoms with van der Waals surface area (Å²) in [5, 5.41) is 16.5. The lowest BCUT2D eigenvalue weighted by molar-refractivity contribution is 0.0697. The van der Waals surface area contributed by atoms with E-state index in [2.05, 4.69) is 26.3 Å². The molecule has 0 saturated heterocycles. The second kappa shape index (κ2) is 6.53. The molecule has 0 unspecified atom stereocenters. The second-order valence-corrected chi connectivity index (χ2v) is 4.93. The third kappa shape index (κ3) is 3.37. The van der Waals surface area contributed by atoms with Crippen molar-refractivity contribution in [3.63, 3.8) is 0 Å². The Balaban J connectivity index is 2.20. The quantitative estimate of drug-likeness (QED) is 0.846. The molecule has 0 amide bonds. The molecular weight excluding hydrogens is 326 g/mol. The molecule has 2 aromatic rings. The molecule has 0 aliphatic carbocycles. The van der Waals surface area contributed by atoms with Gasteiger partial charge in [-0.1, -0.05) is 6.07 Å². The Hall–Kier alpha value is -1.86. The van der Waals surface area contributed by atoms with Gasteiger partial charge in [0, 0.05) is 17.8 Å². The summed E-state index contributed by atoms with van der Waals surface area (Å²) < 4.78 is 7.23. The molecular formula is C13H14BrN3O3. The Labute approximate surface area is 124 Å². The molecule has 0 saturated carbocycles. The predicted octanol–water partition coefficient (Wildman–Crippen LogP) is 2.73. The van der Waals surface area contributed by atoms with E-state index in [1.807, 2.05) is 0 Å². The summed E-state index contributed by atoms with van der Waals surface area (Å²) in [4.78, 5) is 11.3. The molecule has 0 atom stereocenters. The molecule has 1 heterocycles. The zero-order chi connectivity index (χ0) is 14.5. The van der Waals surface area contributed by atoms with Gasteiger partial charge >= 0.3 is 5.97 Å². The summed E-state index contributed by atoms with van der Waals surface area (Å²) in [7, 11) is 1.63. The summed E-state index contributed by atoms with van der Waals surface area (Å²) in [5.74, 6) is -0.994. The minimum absolute atomic E-state index is 0.192. The molecule has 0 radical (unpaired) electrons. The molecule has 1 aromatic heterocycles. The molecule has 7 heteroatoms. The van der Waals surface area contributed by atoms with Gasteiger partial charge in [0.25, 0.3) is 0 Å². The number of aromatic carboxylic acids is 1. The van der Waals surface area contributed by atoms with Crippen LogP contribution in [0.4, 0.5) is 11.4 Å². The molecule has 6 nitrogen and oxygen atoms in total. The van der Waals surface area contributed by atoms with Gasteiger partial charge in [-0.25, -0.2) is 4.79 Å². The predicted molar refractivity (Wildman–Crippen MR) is 78.5 cm³/mol. The highest BCUT2D eigenvalue weighted by Crippen LogP contribution is 2.27. The normalized spacial score (nSPS) is 10.5. The zero-order valence-electron chi connectivity index (χ0n) is 10.8. The van der Waals surface area contributed by atoms with Crippen molar-refractivity contribution in [2.24, 2.45) is 0 Å². The largest absolute Gasteiger partial charge is 0.478 e. The number of carboxylic acids is 1. The molecule has 0 spiro atoms. The van der Waals surface area contributed by atoms with Gasteiger partial charge in [0.2, 0.25) is 0 Å². The highest BCUT2D eigenvalue weighted by Gasteiger charge is 2.14. The van der Waals surface area contributed by atoms with Crippen LogP contribution in [0, 0.1) is 0 Å². The van der Waals surface area contributed by atoms with E-state index in [1.54, 1.807) is 42.4 Å². The number of hydrogen-bond donors (Lipinski definition) is 2. The lowest BCUT2D eigenvalue weighted by atomic mass is 10.2. The third-order valence-electron chi connectivity index (χ3n) is 2.66. The smallest absolute Gasteiger partial charge is 0.338 e. The van der Waals surface area contributed by atoms with Gasteiger partial charge in [-0.3, -0.25) is 4.68 Å². The van der Waals surface area contributed by atoms with Crippen LogP contribution in [0.25, 0.3) is 0 Å². The average molecular weight is 340 g/mol. The lowest BCUT2D eigenvalue weighted by Gasteiger charge is -2.09. The van der Waals surface area contributed by atoms with E-state index in [0.717, 1.165) is 5.69 Å². The van der Waals surface area contributed by atoms with Crippen LogP contribution >= 0.6 is 15.9 Å². The number of hydrogen-bond acceptors (Lipinski definition) is 4. The number of methoxy groups -OCH3 is 1. The van der Waals surface area contributed by atoms with E-state index in [1.165, 1.54) is 0 Å². The van der Waals surface area contributed by atoms with Crippen molar-refractivity contribution in [1.29, 1.82) is 0 Å². The summed E-state index contributed by atoms with van der Waals surface area (Å²) in [6.07, 6.45) is 3.44. The van der Waals surface area contributed by atoms with Gasteiger partial charge in [0.1, 0.15) is 0 Å². The van der Waals surface area contributed by atoms with Crippen molar-refractivity contribution in [3.8, 4) is 0 Å². The Morgan fingerprint density at radius 3 is 3.05 bits per heavy atom. The molecule has 0 fully saturated rings. The van der Waals surface area contributed by atoms with Crippen molar-refractivity contribution in [2.75, 3.05) is 19.0 Å². The molecule has 0 bridgehead atoms. The fourth-order valence-corrected chi connectivity index (χ4v) is 2.27. The summed E-state index contributed by atoms with van der Waals surface area (Å²) in [6, 6.07) is 5.17. The molecule has 2 N–H and O–H groups in total. The van der Waals surface area contributed by atoms with Crippen LogP contribution in [0.2, 0.25) is 0 Å². The molecule has 106 valence electrons. The van der Waals surface area contributed by atoms with Gasteiger partial charge < -0.3 is 15.2 Å². The van der Waals surface area contributed by atoms with Gasteiger partial charge in [-0.05, 0) is 28.1 Å². The average Bonchev–Trinajstić information content (AvgIpc) is 2.83. The first-order valence-corrected chi connectivity index (χ1v) is 6.71. The van der Waals surface area contributed by atoms with E-state index in [-0.39, 0.29) is 5.56 Å². The number of rotatable bonds is 6. The number of anilines is 2. The van der Waals surface area contributed by atoms with Crippen molar-refractivity contribution >= 4 is 33.3 Å². The molecule has 0 aliphatic rings. The van der Waals surface area contributed by atoms with Gasteiger partial charge in [-0.15, -0.1) is 0 Å². The van der Waals surface area contributed by atoms with Crippen molar-refractivity contribution in [3.05, 3.63) is 40.6 Å². The fraction of sp³-hybridized carbons (Fsp3) is 0.231. The topological polar surface area (TPSA) is 76.4 Å². The SMILES string of the molecule is COCCn1cc(Nc2cccc(Br)c2C(=O)O)cn1. The van der Waals surface area contributed by atoms with Crippen LogP contribution in [0.3, 0.4) is 0 Å². The molecule has 1 aromatic carbocycles. The van der Waals surface area contributed by atoms with Crippen LogP contribution < -0.4 is 5.32 Å². The Morgan fingerprint density at radius 2 is 2.35 bits per heavy atom. The molecule has 20 heavy (non-hydrogen) atoms. The second-order valence-electron chi connectivity index (χ2n) is 4.08. The maximum absolute atomic E-state index is 11.3. The minimum atomic E-state index is -0.994. The van der Waals surface area contributed by atoms with Crippen LogP contribution in [-0.4, -0.2) is 34.6 Å². The van der Waals surface area contributed by atoms with Crippen molar-refractivity contribution in [1.82, 2.24) is 9.78 Å². The van der Waals surface area contributed by atoms with Crippen LogP contribution in [0.5, 0.6) is 0 Å². The number of nitrogens with zero attached hydrogens (tertiary/aromatic N) is 2. The van der Waals surface area contributed by atoms with E-state index < -0.39 is 5.97 Å². The van der Waals surface area contributed by atoms with E-state index in [0.29, 0.717) is 23.3 Å². The number of benzene rings is 1.